The highest BCUT2D eigenvalue weighted by molar-refractivity contribution is 5.94. The van der Waals surface area contributed by atoms with Crippen molar-refractivity contribution in [3.8, 4) is 0 Å². The zero-order chi connectivity index (χ0) is 8.97. The molecule has 0 saturated heterocycles. The molecular formula is C10H15NO. The summed E-state index contributed by atoms with van der Waals surface area (Å²) in [6.45, 7) is 4.01. The molecule has 0 aromatic carbocycles. The molecule has 1 heterocycles. The first-order valence-corrected chi connectivity index (χ1v) is 4.48. The van der Waals surface area contributed by atoms with Crippen molar-refractivity contribution >= 4 is 5.78 Å². The molecule has 2 heteroatoms. The average molecular weight is 165 g/mol. The summed E-state index contributed by atoms with van der Waals surface area (Å²) in [5.74, 6) is 0.192. The Hall–Kier alpha value is -1.05. The summed E-state index contributed by atoms with van der Waals surface area (Å²) in [5, 5.41) is 0. The van der Waals surface area contributed by atoms with Crippen LogP contribution in [0.4, 0.5) is 0 Å². The van der Waals surface area contributed by atoms with Crippen LogP contribution in [0.5, 0.6) is 0 Å². The van der Waals surface area contributed by atoms with Gasteiger partial charge in [-0.25, -0.2) is 0 Å². The number of carbonyl (C=O) groups is 1. The van der Waals surface area contributed by atoms with E-state index in [-0.39, 0.29) is 5.78 Å². The third-order valence-corrected chi connectivity index (χ3v) is 1.90. The van der Waals surface area contributed by atoms with Gasteiger partial charge in [0.2, 0.25) is 0 Å². The third kappa shape index (κ3) is 1.97. The summed E-state index contributed by atoms with van der Waals surface area (Å²) in [5.41, 5.74) is 1.98. The summed E-state index contributed by atoms with van der Waals surface area (Å²) in [4.78, 5) is 14.2. The monoisotopic (exact) mass is 165 g/mol. The van der Waals surface area contributed by atoms with E-state index < -0.39 is 0 Å². The van der Waals surface area contributed by atoms with Gasteiger partial charge in [-0.3, -0.25) is 4.79 Å². The fourth-order valence-corrected chi connectivity index (χ4v) is 1.22. The van der Waals surface area contributed by atoms with Crippen molar-refractivity contribution in [1.29, 1.82) is 0 Å². The van der Waals surface area contributed by atoms with Crippen molar-refractivity contribution < 1.29 is 4.79 Å². The van der Waals surface area contributed by atoms with Gasteiger partial charge in [0.1, 0.15) is 0 Å². The van der Waals surface area contributed by atoms with Crippen molar-refractivity contribution in [2.24, 2.45) is 0 Å². The predicted molar refractivity (Wildman–Crippen MR) is 49.4 cm³/mol. The minimum atomic E-state index is 0.192. The van der Waals surface area contributed by atoms with Crippen LogP contribution in [0.3, 0.4) is 0 Å². The van der Waals surface area contributed by atoms with Crippen molar-refractivity contribution in [3.05, 3.63) is 23.5 Å². The number of aryl methyl sites for hydroxylation is 1. The van der Waals surface area contributed by atoms with E-state index in [0.717, 1.165) is 18.5 Å². The highest BCUT2D eigenvalue weighted by Gasteiger charge is 2.04. The van der Waals surface area contributed by atoms with Crippen LogP contribution >= 0.6 is 0 Å². The van der Waals surface area contributed by atoms with E-state index in [2.05, 4.69) is 11.9 Å². The van der Waals surface area contributed by atoms with E-state index in [9.17, 15) is 4.79 Å². The Labute approximate surface area is 73.0 Å². The number of aromatic nitrogens is 1. The van der Waals surface area contributed by atoms with Gasteiger partial charge in [-0.15, -0.1) is 0 Å². The lowest BCUT2D eigenvalue weighted by molar-refractivity contribution is 0.0984. The summed E-state index contributed by atoms with van der Waals surface area (Å²) in [7, 11) is 0. The van der Waals surface area contributed by atoms with Crippen LogP contribution in [0.15, 0.2) is 12.3 Å². The van der Waals surface area contributed by atoms with Gasteiger partial charge in [-0.05, 0) is 18.1 Å². The standard InChI is InChI=1S/C10H15NO/c1-3-5-8-6-9(11-7-8)10(12)4-2/h6-7,11H,3-5H2,1-2H3. The summed E-state index contributed by atoms with van der Waals surface area (Å²) >= 11 is 0. The maximum atomic E-state index is 11.2. The fourth-order valence-electron chi connectivity index (χ4n) is 1.22. The molecule has 0 radical (unpaired) electrons. The molecule has 0 atom stereocenters. The Morgan fingerprint density at radius 1 is 1.50 bits per heavy atom. The number of H-pyrrole nitrogens is 1. The second kappa shape index (κ2) is 4.10. The van der Waals surface area contributed by atoms with Crippen LogP contribution < -0.4 is 0 Å². The van der Waals surface area contributed by atoms with E-state index in [0.29, 0.717) is 6.42 Å². The zero-order valence-electron chi connectivity index (χ0n) is 7.68. The van der Waals surface area contributed by atoms with Gasteiger partial charge >= 0.3 is 0 Å². The number of aromatic amines is 1. The van der Waals surface area contributed by atoms with Gasteiger partial charge in [0, 0.05) is 12.6 Å². The van der Waals surface area contributed by atoms with Crippen LogP contribution in [0, 0.1) is 0 Å². The number of Topliss-reactive ketones (excluding diaryl/α,β-unsaturated/α-hetero) is 1. The predicted octanol–water partition coefficient (Wildman–Crippen LogP) is 2.56. The molecule has 66 valence electrons. The average Bonchev–Trinajstić information content (AvgIpc) is 2.52. The maximum absolute atomic E-state index is 11.2. The first-order chi connectivity index (χ1) is 5.77. The van der Waals surface area contributed by atoms with Gasteiger partial charge in [0.25, 0.3) is 0 Å². The minimum Gasteiger partial charge on any atom is -0.359 e. The molecule has 0 amide bonds. The molecule has 0 aliphatic heterocycles. The number of hydrogen-bond acceptors (Lipinski definition) is 1. The first kappa shape index (κ1) is 9.04. The van der Waals surface area contributed by atoms with Gasteiger partial charge in [0.05, 0.1) is 5.69 Å². The molecule has 1 N–H and O–H groups in total. The smallest absolute Gasteiger partial charge is 0.178 e. The molecular weight excluding hydrogens is 150 g/mol. The topological polar surface area (TPSA) is 32.9 Å². The van der Waals surface area contributed by atoms with Crippen LogP contribution in [0.2, 0.25) is 0 Å². The van der Waals surface area contributed by atoms with E-state index in [4.69, 9.17) is 0 Å². The summed E-state index contributed by atoms with van der Waals surface area (Å²) < 4.78 is 0. The van der Waals surface area contributed by atoms with Crippen molar-refractivity contribution in [1.82, 2.24) is 4.98 Å². The maximum Gasteiger partial charge on any atom is 0.178 e. The Morgan fingerprint density at radius 2 is 2.25 bits per heavy atom. The first-order valence-electron chi connectivity index (χ1n) is 4.48. The normalized spacial score (nSPS) is 10.2. The van der Waals surface area contributed by atoms with Crippen LogP contribution in [-0.2, 0) is 6.42 Å². The number of nitrogens with one attached hydrogen (secondary N) is 1. The van der Waals surface area contributed by atoms with Gasteiger partial charge in [-0.2, -0.15) is 0 Å². The lowest BCUT2D eigenvalue weighted by atomic mass is 10.1. The molecule has 1 aromatic rings. The lowest BCUT2D eigenvalue weighted by Gasteiger charge is -1.90. The Morgan fingerprint density at radius 3 is 2.83 bits per heavy atom. The van der Waals surface area contributed by atoms with Gasteiger partial charge in [0.15, 0.2) is 5.78 Å². The molecule has 0 aliphatic rings. The Kier molecular flexibility index (Phi) is 3.09. The molecule has 1 rings (SSSR count). The molecule has 0 saturated carbocycles. The minimum absolute atomic E-state index is 0.192. The summed E-state index contributed by atoms with van der Waals surface area (Å²) in [6.07, 6.45) is 4.67. The van der Waals surface area contributed by atoms with E-state index in [1.165, 1.54) is 5.56 Å². The number of rotatable bonds is 4. The molecule has 1 aromatic heterocycles. The van der Waals surface area contributed by atoms with Crippen molar-refractivity contribution in [2.45, 2.75) is 33.1 Å². The Balaban J connectivity index is 2.70. The summed E-state index contributed by atoms with van der Waals surface area (Å²) in [6, 6.07) is 1.95. The fraction of sp³-hybridized carbons (Fsp3) is 0.500. The van der Waals surface area contributed by atoms with Crippen molar-refractivity contribution in [2.75, 3.05) is 0 Å². The zero-order valence-corrected chi connectivity index (χ0v) is 7.68. The molecule has 0 bridgehead atoms. The van der Waals surface area contributed by atoms with Crippen LogP contribution in [0.1, 0.15) is 42.7 Å². The number of ketones is 1. The third-order valence-electron chi connectivity index (χ3n) is 1.90. The number of hydrogen-bond donors (Lipinski definition) is 1. The molecule has 0 unspecified atom stereocenters. The second-order valence-corrected chi connectivity index (χ2v) is 2.95. The van der Waals surface area contributed by atoms with Crippen molar-refractivity contribution in [3.63, 3.8) is 0 Å². The Bertz CT molecular complexity index is 263. The van der Waals surface area contributed by atoms with Crippen LogP contribution in [-0.4, -0.2) is 10.8 Å². The second-order valence-electron chi connectivity index (χ2n) is 2.95. The molecule has 12 heavy (non-hydrogen) atoms. The molecule has 0 aliphatic carbocycles. The lowest BCUT2D eigenvalue weighted by Crippen LogP contribution is -1.95. The van der Waals surface area contributed by atoms with Gasteiger partial charge < -0.3 is 4.98 Å². The largest absolute Gasteiger partial charge is 0.359 e. The molecule has 0 spiro atoms. The quantitative estimate of drug-likeness (QED) is 0.683. The van der Waals surface area contributed by atoms with E-state index in [1.807, 2.05) is 19.2 Å². The number of carbonyl (C=O) groups excluding carboxylic acids is 1. The SMILES string of the molecule is CCCc1c[nH]c(C(=O)CC)c1. The highest BCUT2D eigenvalue weighted by atomic mass is 16.1. The molecule has 0 fully saturated rings. The highest BCUT2D eigenvalue weighted by Crippen LogP contribution is 2.07. The van der Waals surface area contributed by atoms with E-state index in [1.54, 1.807) is 0 Å². The van der Waals surface area contributed by atoms with Crippen LogP contribution in [0.25, 0.3) is 0 Å². The van der Waals surface area contributed by atoms with Gasteiger partial charge in [-0.1, -0.05) is 20.3 Å². The van der Waals surface area contributed by atoms with E-state index >= 15 is 0 Å². The molecule has 2 nitrogen and oxygen atoms in total.